The van der Waals surface area contributed by atoms with Crippen LogP contribution in [0.3, 0.4) is 0 Å². The Hall–Kier alpha value is -3.75. The summed E-state index contributed by atoms with van der Waals surface area (Å²) in [5.74, 6) is -1.30. The van der Waals surface area contributed by atoms with Crippen molar-refractivity contribution in [2.24, 2.45) is 0 Å². The van der Waals surface area contributed by atoms with Crippen LogP contribution >= 0.6 is 11.3 Å². The number of sulfonamides is 1. The average molecular weight is 476 g/mol. The quantitative estimate of drug-likeness (QED) is 0.308. The van der Waals surface area contributed by atoms with Crippen LogP contribution in [0.15, 0.2) is 94.8 Å². The Morgan fingerprint density at radius 3 is 2.36 bits per heavy atom. The molecular weight excluding hydrogens is 458 g/mol. The van der Waals surface area contributed by atoms with Gasteiger partial charge in [-0.1, -0.05) is 54.6 Å². The van der Waals surface area contributed by atoms with Crippen molar-refractivity contribution in [2.45, 2.75) is 4.90 Å². The van der Waals surface area contributed by atoms with E-state index < -0.39 is 21.8 Å². The van der Waals surface area contributed by atoms with E-state index in [-0.39, 0.29) is 27.5 Å². The van der Waals surface area contributed by atoms with Crippen LogP contribution in [-0.2, 0) is 14.8 Å². The molecule has 1 aromatic heterocycles. The Morgan fingerprint density at radius 1 is 0.879 bits per heavy atom. The molecule has 0 fully saturated rings. The van der Waals surface area contributed by atoms with Crippen molar-refractivity contribution in [3.63, 3.8) is 0 Å². The third kappa shape index (κ3) is 3.53. The van der Waals surface area contributed by atoms with Crippen molar-refractivity contribution in [2.75, 3.05) is 7.05 Å². The molecule has 2 heterocycles. The number of likely N-dealkylation sites (N-methyl/N-ethyl adjacent to an activating group) is 1. The van der Waals surface area contributed by atoms with Gasteiger partial charge < -0.3 is 4.74 Å². The molecule has 0 radical (unpaired) electrons. The van der Waals surface area contributed by atoms with Crippen molar-refractivity contribution in [1.29, 1.82) is 0 Å². The van der Waals surface area contributed by atoms with Gasteiger partial charge in [-0.05, 0) is 40.4 Å². The van der Waals surface area contributed by atoms with Crippen molar-refractivity contribution in [1.82, 2.24) is 4.31 Å². The van der Waals surface area contributed by atoms with Crippen LogP contribution in [0.25, 0.3) is 16.5 Å². The molecule has 0 unspecified atom stereocenters. The highest BCUT2D eigenvalue weighted by Gasteiger charge is 2.40. The number of thiophene rings is 1. The number of fused-ring (bicyclic) bond motifs is 2. The minimum absolute atomic E-state index is 0.0310. The Kier molecular flexibility index (Phi) is 5.11. The standard InChI is InChI=1S/C25H17NO5S2/c1-26-22(23(27)18-13-12-16-7-2-3-8-17(16)15-18)24(31-25(28)20-10-6-14-32-20)19-9-4-5-11-21(19)33(26,29)30/h2-15H,1H3. The maximum Gasteiger partial charge on any atom is 0.353 e. The first-order valence-electron chi connectivity index (χ1n) is 10.00. The SMILES string of the molecule is CN1C(C(=O)c2ccc3ccccc3c2)=C(OC(=O)c2cccs2)c2ccccc2S1(=O)=O. The molecule has 164 valence electrons. The van der Waals surface area contributed by atoms with Crippen molar-refractivity contribution >= 4 is 49.6 Å². The summed E-state index contributed by atoms with van der Waals surface area (Å²) in [4.78, 5) is 26.8. The third-order valence-electron chi connectivity index (χ3n) is 5.44. The normalized spacial score (nSPS) is 14.8. The van der Waals surface area contributed by atoms with Crippen LogP contribution < -0.4 is 0 Å². The van der Waals surface area contributed by atoms with Crippen molar-refractivity contribution < 1.29 is 22.7 Å². The number of ketones is 1. The van der Waals surface area contributed by atoms with Gasteiger partial charge in [0.25, 0.3) is 10.0 Å². The molecule has 0 bridgehead atoms. The number of benzene rings is 3. The van der Waals surface area contributed by atoms with Crippen LogP contribution in [0, 0.1) is 0 Å². The minimum atomic E-state index is -4.02. The van der Waals surface area contributed by atoms with E-state index in [1.54, 1.807) is 47.8 Å². The first-order chi connectivity index (χ1) is 15.9. The van der Waals surface area contributed by atoms with Gasteiger partial charge in [-0.25, -0.2) is 13.2 Å². The Bertz CT molecular complexity index is 1550. The largest absolute Gasteiger partial charge is 0.419 e. The van der Waals surface area contributed by atoms with E-state index in [1.165, 1.54) is 30.5 Å². The molecule has 33 heavy (non-hydrogen) atoms. The van der Waals surface area contributed by atoms with Crippen LogP contribution in [0.1, 0.15) is 25.6 Å². The lowest BCUT2D eigenvalue weighted by atomic mass is 10.0. The summed E-state index contributed by atoms with van der Waals surface area (Å²) in [5.41, 5.74) is 0.244. The van der Waals surface area contributed by atoms with Gasteiger partial charge in [-0.3, -0.25) is 9.10 Å². The molecule has 0 aliphatic carbocycles. The molecule has 1 aliphatic heterocycles. The van der Waals surface area contributed by atoms with Gasteiger partial charge in [-0.15, -0.1) is 11.3 Å². The van der Waals surface area contributed by atoms with Crippen molar-refractivity contribution in [3.8, 4) is 0 Å². The van der Waals surface area contributed by atoms with E-state index in [2.05, 4.69) is 0 Å². The summed E-state index contributed by atoms with van der Waals surface area (Å²) in [6.45, 7) is 0. The predicted molar refractivity (Wildman–Crippen MR) is 126 cm³/mol. The van der Waals surface area contributed by atoms with Gasteiger partial charge in [0.1, 0.15) is 10.6 Å². The first-order valence-corrected chi connectivity index (χ1v) is 12.3. The Balaban J connectivity index is 1.72. The molecular formula is C25H17NO5S2. The maximum atomic E-state index is 13.7. The molecule has 0 saturated heterocycles. The van der Waals surface area contributed by atoms with Gasteiger partial charge >= 0.3 is 5.97 Å². The summed E-state index contributed by atoms with van der Waals surface area (Å²) < 4.78 is 33.0. The number of allylic oxidation sites excluding steroid dienone is 1. The Morgan fingerprint density at radius 2 is 1.61 bits per heavy atom. The molecule has 5 rings (SSSR count). The molecule has 1 aliphatic rings. The fourth-order valence-corrected chi connectivity index (χ4v) is 5.76. The fourth-order valence-electron chi connectivity index (χ4n) is 3.77. The van der Waals surface area contributed by atoms with Crippen LogP contribution in [0.5, 0.6) is 0 Å². The van der Waals surface area contributed by atoms with Gasteiger partial charge in [0.05, 0.1) is 4.90 Å². The lowest BCUT2D eigenvalue weighted by Crippen LogP contribution is -2.36. The van der Waals surface area contributed by atoms with E-state index in [0.717, 1.165) is 15.1 Å². The van der Waals surface area contributed by atoms with E-state index >= 15 is 0 Å². The smallest absolute Gasteiger partial charge is 0.353 e. The summed E-state index contributed by atoms with van der Waals surface area (Å²) in [5, 5.41) is 3.52. The van der Waals surface area contributed by atoms with Gasteiger partial charge in [0.15, 0.2) is 5.76 Å². The molecule has 0 amide bonds. The summed E-state index contributed by atoms with van der Waals surface area (Å²) in [6, 6.07) is 22.2. The number of esters is 1. The second-order valence-corrected chi connectivity index (χ2v) is 10.3. The fraction of sp³-hybridized carbons (Fsp3) is 0.0400. The second-order valence-electron chi connectivity index (χ2n) is 7.40. The predicted octanol–water partition coefficient (Wildman–Crippen LogP) is 4.94. The van der Waals surface area contributed by atoms with Crippen LogP contribution in [0.4, 0.5) is 0 Å². The highest BCUT2D eigenvalue weighted by molar-refractivity contribution is 7.89. The zero-order valence-corrected chi connectivity index (χ0v) is 19.0. The molecule has 3 aromatic carbocycles. The monoisotopic (exact) mass is 475 g/mol. The topological polar surface area (TPSA) is 80.8 Å². The number of hydrogen-bond donors (Lipinski definition) is 0. The molecule has 6 nitrogen and oxygen atoms in total. The van der Waals surface area contributed by atoms with Crippen molar-refractivity contribution in [3.05, 3.63) is 106 Å². The molecule has 0 atom stereocenters. The summed E-state index contributed by atoms with van der Waals surface area (Å²) in [6.07, 6.45) is 0. The minimum Gasteiger partial charge on any atom is -0.419 e. The highest BCUT2D eigenvalue weighted by Crippen LogP contribution is 2.38. The number of Topliss-reactive ketones (excluding diaryl/α,β-unsaturated/α-hetero) is 1. The zero-order chi connectivity index (χ0) is 23.2. The first kappa shape index (κ1) is 21.1. The Labute approximate surface area is 194 Å². The number of hydrogen-bond acceptors (Lipinski definition) is 6. The van der Waals surface area contributed by atoms with E-state index in [9.17, 15) is 18.0 Å². The van der Waals surface area contributed by atoms with E-state index in [0.29, 0.717) is 4.88 Å². The number of ether oxygens (including phenoxy) is 1. The maximum absolute atomic E-state index is 13.7. The molecule has 4 aromatic rings. The number of nitrogens with zero attached hydrogens (tertiary/aromatic N) is 1. The molecule has 0 saturated carbocycles. The molecule has 0 N–H and O–H groups in total. The van der Waals surface area contributed by atoms with Gasteiger partial charge in [0, 0.05) is 18.2 Å². The van der Waals surface area contributed by atoms with Gasteiger partial charge in [0.2, 0.25) is 5.78 Å². The number of rotatable bonds is 4. The lowest BCUT2D eigenvalue weighted by molar-refractivity contribution is 0.0691. The van der Waals surface area contributed by atoms with Crippen LogP contribution in [0.2, 0.25) is 0 Å². The van der Waals surface area contributed by atoms with Crippen LogP contribution in [-0.4, -0.2) is 31.5 Å². The van der Waals surface area contributed by atoms with Gasteiger partial charge in [-0.2, -0.15) is 0 Å². The highest BCUT2D eigenvalue weighted by atomic mass is 32.2. The van der Waals surface area contributed by atoms with E-state index in [4.69, 9.17) is 4.74 Å². The lowest BCUT2D eigenvalue weighted by Gasteiger charge is -2.30. The zero-order valence-electron chi connectivity index (χ0n) is 17.4. The average Bonchev–Trinajstić information content (AvgIpc) is 3.37. The number of carbonyl (C=O) groups excluding carboxylic acids is 2. The summed E-state index contributed by atoms with van der Waals surface area (Å²) in [7, 11) is -2.73. The van der Waals surface area contributed by atoms with E-state index in [1.807, 2.05) is 24.3 Å². The molecule has 0 spiro atoms. The second kappa shape index (κ2) is 7.99. The third-order valence-corrected chi connectivity index (χ3v) is 8.11. The summed E-state index contributed by atoms with van der Waals surface area (Å²) >= 11 is 1.19. The molecule has 8 heteroatoms. The number of carbonyl (C=O) groups is 2.